The first-order chi connectivity index (χ1) is 7.61. The van der Waals surface area contributed by atoms with Crippen LogP contribution in [0.5, 0.6) is 0 Å². The van der Waals surface area contributed by atoms with E-state index < -0.39 is 0 Å². The molecule has 1 nitrogen and oxygen atoms in total. The predicted octanol–water partition coefficient (Wildman–Crippen LogP) is 4.40. The maximum absolute atomic E-state index is 13.8. The third-order valence-electron chi connectivity index (χ3n) is 3.56. The zero-order chi connectivity index (χ0) is 11.7. The molecule has 0 amide bonds. The monoisotopic (exact) mass is 277 g/mol. The lowest BCUT2D eigenvalue weighted by atomic mass is 9.91. The van der Waals surface area contributed by atoms with Crippen molar-refractivity contribution in [3.8, 4) is 0 Å². The molecule has 17 heavy (non-hydrogen) atoms. The topological polar surface area (TPSA) is 26.0 Å². The van der Waals surface area contributed by atoms with Gasteiger partial charge in [-0.15, -0.1) is 12.4 Å². The van der Waals surface area contributed by atoms with Gasteiger partial charge in [-0.1, -0.05) is 30.5 Å². The van der Waals surface area contributed by atoms with Crippen LogP contribution in [-0.2, 0) is 0 Å². The lowest BCUT2D eigenvalue weighted by Crippen LogP contribution is -2.21. The molecule has 1 atom stereocenters. The van der Waals surface area contributed by atoms with Gasteiger partial charge in [0.2, 0.25) is 0 Å². The largest absolute Gasteiger partial charge is 0.324 e. The van der Waals surface area contributed by atoms with Gasteiger partial charge in [0.05, 0.1) is 5.02 Å². The Hall–Kier alpha value is -0.310. The first kappa shape index (κ1) is 14.7. The molecule has 1 fully saturated rings. The molecule has 2 rings (SSSR count). The Kier molecular flexibility index (Phi) is 5.23. The van der Waals surface area contributed by atoms with Crippen molar-refractivity contribution in [1.82, 2.24) is 0 Å². The summed E-state index contributed by atoms with van der Waals surface area (Å²) in [6.07, 6.45) is 4.57. The Bertz CT molecular complexity index is 389. The first-order valence-corrected chi connectivity index (χ1v) is 6.19. The van der Waals surface area contributed by atoms with E-state index in [4.69, 9.17) is 17.3 Å². The van der Waals surface area contributed by atoms with Crippen LogP contribution in [0.25, 0.3) is 0 Å². The Balaban J connectivity index is 0.00000144. The van der Waals surface area contributed by atoms with Crippen molar-refractivity contribution in [2.75, 3.05) is 0 Å². The van der Waals surface area contributed by atoms with Crippen LogP contribution in [0.1, 0.15) is 42.9 Å². The van der Waals surface area contributed by atoms with E-state index in [0.717, 1.165) is 18.4 Å². The van der Waals surface area contributed by atoms with Crippen LogP contribution in [0.4, 0.5) is 4.39 Å². The molecule has 4 heteroatoms. The van der Waals surface area contributed by atoms with Gasteiger partial charge in [-0.2, -0.15) is 0 Å². The zero-order valence-electron chi connectivity index (χ0n) is 9.88. The summed E-state index contributed by atoms with van der Waals surface area (Å²) in [6.45, 7) is 1.88. The Morgan fingerprint density at radius 2 is 1.94 bits per heavy atom. The molecule has 0 aromatic heterocycles. The quantitative estimate of drug-likeness (QED) is 0.852. The van der Waals surface area contributed by atoms with Crippen molar-refractivity contribution < 1.29 is 4.39 Å². The second-order valence-corrected chi connectivity index (χ2v) is 5.04. The summed E-state index contributed by atoms with van der Waals surface area (Å²) in [5.74, 6) is 0.115. The Morgan fingerprint density at radius 3 is 2.53 bits per heavy atom. The lowest BCUT2D eigenvalue weighted by molar-refractivity contribution is 0.429. The molecule has 96 valence electrons. The summed E-state index contributed by atoms with van der Waals surface area (Å²) >= 11 is 6.15. The van der Waals surface area contributed by atoms with Crippen molar-refractivity contribution in [2.24, 2.45) is 11.7 Å². The minimum atomic E-state index is -0.269. The standard InChI is InChI=1S/C13H17ClFN.ClH/c1-8-6-7-10(15)11(12(8)14)13(16)9-4-2-3-5-9;/h6-7,9,13H,2-5,16H2,1H3;1H/t13-;/m1./s1. The number of aryl methyl sites for hydroxylation is 1. The molecule has 1 aliphatic rings. The SMILES string of the molecule is Cc1ccc(F)c([C@H](N)C2CCCC2)c1Cl.Cl. The van der Waals surface area contributed by atoms with E-state index in [1.54, 1.807) is 6.07 Å². The fourth-order valence-electron chi connectivity index (χ4n) is 2.54. The van der Waals surface area contributed by atoms with E-state index in [1.807, 2.05) is 6.92 Å². The normalized spacial score (nSPS) is 17.9. The van der Waals surface area contributed by atoms with Gasteiger partial charge >= 0.3 is 0 Å². The molecule has 0 bridgehead atoms. The number of benzene rings is 1. The summed E-state index contributed by atoms with van der Waals surface area (Å²) in [5, 5.41) is 0.499. The van der Waals surface area contributed by atoms with Crippen LogP contribution in [0.2, 0.25) is 5.02 Å². The average molecular weight is 278 g/mol. The van der Waals surface area contributed by atoms with E-state index in [0.29, 0.717) is 16.5 Å². The minimum absolute atomic E-state index is 0. The molecule has 0 aliphatic heterocycles. The highest BCUT2D eigenvalue weighted by atomic mass is 35.5. The van der Waals surface area contributed by atoms with Gasteiger partial charge in [0.15, 0.2) is 0 Å². The van der Waals surface area contributed by atoms with Gasteiger partial charge in [-0.25, -0.2) is 4.39 Å². The summed E-state index contributed by atoms with van der Waals surface area (Å²) < 4.78 is 13.8. The maximum atomic E-state index is 13.8. The van der Waals surface area contributed by atoms with E-state index in [-0.39, 0.29) is 24.3 Å². The minimum Gasteiger partial charge on any atom is -0.324 e. The van der Waals surface area contributed by atoms with Crippen molar-refractivity contribution >= 4 is 24.0 Å². The summed E-state index contributed by atoms with van der Waals surface area (Å²) in [6, 6.07) is 2.91. The van der Waals surface area contributed by atoms with Gasteiger partial charge in [-0.05, 0) is 37.3 Å². The molecule has 0 spiro atoms. The molecule has 0 unspecified atom stereocenters. The number of hydrogen-bond donors (Lipinski definition) is 1. The molecule has 1 aromatic carbocycles. The third kappa shape index (κ3) is 2.93. The zero-order valence-corrected chi connectivity index (χ0v) is 11.5. The van der Waals surface area contributed by atoms with Crippen LogP contribution in [-0.4, -0.2) is 0 Å². The number of rotatable bonds is 2. The van der Waals surface area contributed by atoms with E-state index in [9.17, 15) is 4.39 Å². The van der Waals surface area contributed by atoms with Gasteiger partial charge < -0.3 is 5.73 Å². The molecule has 0 saturated heterocycles. The highest BCUT2D eigenvalue weighted by Gasteiger charge is 2.27. The van der Waals surface area contributed by atoms with Crippen LogP contribution in [0.3, 0.4) is 0 Å². The maximum Gasteiger partial charge on any atom is 0.129 e. The van der Waals surface area contributed by atoms with Gasteiger partial charge in [-0.3, -0.25) is 0 Å². The van der Waals surface area contributed by atoms with Crippen LogP contribution in [0, 0.1) is 18.7 Å². The third-order valence-corrected chi connectivity index (χ3v) is 4.06. The van der Waals surface area contributed by atoms with E-state index >= 15 is 0 Å². The van der Waals surface area contributed by atoms with Gasteiger partial charge in [0.25, 0.3) is 0 Å². The molecule has 1 aromatic rings. The van der Waals surface area contributed by atoms with Crippen molar-refractivity contribution in [1.29, 1.82) is 0 Å². The molecular formula is C13H18Cl2FN. The fourth-order valence-corrected chi connectivity index (χ4v) is 2.82. The highest BCUT2D eigenvalue weighted by molar-refractivity contribution is 6.32. The predicted molar refractivity (Wildman–Crippen MR) is 72.3 cm³/mol. The van der Waals surface area contributed by atoms with Gasteiger partial charge in [0, 0.05) is 11.6 Å². The van der Waals surface area contributed by atoms with Crippen LogP contribution >= 0.6 is 24.0 Å². The summed E-state index contributed by atoms with van der Waals surface area (Å²) in [4.78, 5) is 0. The molecule has 0 radical (unpaired) electrons. The smallest absolute Gasteiger partial charge is 0.129 e. The number of nitrogens with two attached hydrogens (primary N) is 1. The lowest BCUT2D eigenvalue weighted by Gasteiger charge is -2.21. The average Bonchev–Trinajstić information content (AvgIpc) is 2.77. The first-order valence-electron chi connectivity index (χ1n) is 5.81. The van der Waals surface area contributed by atoms with Crippen molar-refractivity contribution in [3.63, 3.8) is 0 Å². The number of hydrogen-bond acceptors (Lipinski definition) is 1. The van der Waals surface area contributed by atoms with Gasteiger partial charge in [0.1, 0.15) is 5.82 Å². The van der Waals surface area contributed by atoms with E-state index in [2.05, 4.69) is 0 Å². The molecule has 0 heterocycles. The van der Waals surface area contributed by atoms with Crippen molar-refractivity contribution in [2.45, 2.75) is 38.6 Å². The fraction of sp³-hybridized carbons (Fsp3) is 0.538. The van der Waals surface area contributed by atoms with Crippen LogP contribution in [0.15, 0.2) is 12.1 Å². The summed E-state index contributed by atoms with van der Waals surface area (Å²) in [5.41, 5.74) is 7.55. The Morgan fingerprint density at radius 1 is 1.35 bits per heavy atom. The highest BCUT2D eigenvalue weighted by Crippen LogP contribution is 2.38. The Labute approximate surface area is 113 Å². The molecule has 2 N–H and O–H groups in total. The van der Waals surface area contributed by atoms with Crippen molar-refractivity contribution in [3.05, 3.63) is 34.1 Å². The number of halogens is 3. The second kappa shape index (κ2) is 6.03. The van der Waals surface area contributed by atoms with Crippen LogP contribution < -0.4 is 5.73 Å². The molecule has 1 aliphatic carbocycles. The molecule has 1 saturated carbocycles. The molecular weight excluding hydrogens is 260 g/mol. The second-order valence-electron chi connectivity index (χ2n) is 4.66. The van der Waals surface area contributed by atoms with E-state index in [1.165, 1.54) is 18.9 Å². The summed E-state index contributed by atoms with van der Waals surface area (Å²) in [7, 11) is 0.